The Labute approximate surface area is 133 Å². The van der Waals surface area contributed by atoms with Crippen molar-refractivity contribution in [3.63, 3.8) is 0 Å². The third-order valence-electron chi connectivity index (χ3n) is 3.16. The van der Waals surface area contributed by atoms with Crippen LogP contribution in [0.1, 0.15) is 39.3 Å². The second-order valence-corrected chi connectivity index (χ2v) is 6.30. The Balaban J connectivity index is 2.01. The lowest BCUT2D eigenvalue weighted by molar-refractivity contribution is 0.0949. The van der Waals surface area contributed by atoms with Crippen molar-refractivity contribution in [3.05, 3.63) is 51.2 Å². The summed E-state index contributed by atoms with van der Waals surface area (Å²) in [6.07, 6.45) is 0.663. The van der Waals surface area contributed by atoms with E-state index in [0.29, 0.717) is 30.0 Å². The quantitative estimate of drug-likeness (QED) is 0.859. The first-order chi connectivity index (χ1) is 10.5. The van der Waals surface area contributed by atoms with E-state index in [1.54, 1.807) is 26.0 Å². The van der Waals surface area contributed by atoms with Gasteiger partial charge in [-0.05, 0) is 38.0 Å². The normalized spacial score (nSPS) is 12.2. The molecule has 1 atom stereocenters. The van der Waals surface area contributed by atoms with E-state index in [1.807, 2.05) is 0 Å². The van der Waals surface area contributed by atoms with E-state index in [-0.39, 0.29) is 11.7 Å². The van der Waals surface area contributed by atoms with E-state index in [1.165, 1.54) is 23.5 Å². The Bertz CT molecular complexity index is 638. The zero-order valence-electron chi connectivity index (χ0n) is 12.6. The van der Waals surface area contributed by atoms with E-state index in [2.05, 4.69) is 10.3 Å². The fourth-order valence-corrected chi connectivity index (χ4v) is 3.01. The average molecular weight is 322 g/mol. The lowest BCUT2D eigenvalue weighted by Gasteiger charge is -2.05. The minimum absolute atomic E-state index is 0.166. The summed E-state index contributed by atoms with van der Waals surface area (Å²) in [5, 5.41) is 12.8. The molecule has 0 spiro atoms. The van der Waals surface area contributed by atoms with Crippen molar-refractivity contribution >= 4 is 17.2 Å². The van der Waals surface area contributed by atoms with Gasteiger partial charge in [0.1, 0.15) is 10.7 Å². The van der Waals surface area contributed by atoms with Crippen LogP contribution in [-0.4, -0.2) is 28.6 Å². The lowest BCUT2D eigenvalue weighted by atomic mass is 10.1. The van der Waals surface area contributed by atoms with Crippen LogP contribution in [0.25, 0.3) is 0 Å². The van der Waals surface area contributed by atoms with E-state index in [4.69, 9.17) is 0 Å². The number of nitrogens with one attached hydrogen (secondary N) is 1. The Kier molecular flexibility index (Phi) is 5.63. The maximum atomic E-state index is 12.9. The van der Waals surface area contributed by atoms with E-state index in [9.17, 15) is 14.3 Å². The number of halogens is 1. The molecule has 118 valence electrons. The fraction of sp³-hybridized carbons (Fsp3) is 0.375. The van der Waals surface area contributed by atoms with Crippen molar-refractivity contribution in [2.75, 3.05) is 6.54 Å². The van der Waals surface area contributed by atoms with Crippen molar-refractivity contribution in [1.82, 2.24) is 10.3 Å². The number of thiazole rings is 1. The van der Waals surface area contributed by atoms with Gasteiger partial charge in [-0.2, -0.15) is 0 Å². The first-order valence-electron chi connectivity index (χ1n) is 7.12. The maximum Gasteiger partial charge on any atom is 0.263 e. The highest BCUT2D eigenvalue weighted by molar-refractivity contribution is 7.13. The summed E-state index contributed by atoms with van der Waals surface area (Å²) in [6.45, 7) is 3.92. The molecule has 4 nitrogen and oxygen atoms in total. The van der Waals surface area contributed by atoms with Gasteiger partial charge in [0.05, 0.1) is 16.8 Å². The maximum absolute atomic E-state index is 12.9. The highest BCUT2D eigenvalue weighted by Gasteiger charge is 2.15. The third-order valence-corrected chi connectivity index (χ3v) is 4.32. The summed E-state index contributed by atoms with van der Waals surface area (Å²) in [6, 6.07) is 6.27. The Morgan fingerprint density at radius 2 is 2.09 bits per heavy atom. The summed E-state index contributed by atoms with van der Waals surface area (Å²) in [5.41, 5.74) is 1.65. The second-order valence-electron chi connectivity index (χ2n) is 5.22. The van der Waals surface area contributed by atoms with Gasteiger partial charge in [0, 0.05) is 13.0 Å². The molecule has 0 bridgehead atoms. The predicted octanol–water partition coefficient (Wildman–Crippen LogP) is 2.68. The van der Waals surface area contributed by atoms with Gasteiger partial charge in [-0.25, -0.2) is 9.37 Å². The first kappa shape index (κ1) is 16.6. The molecule has 2 rings (SSSR count). The summed E-state index contributed by atoms with van der Waals surface area (Å²) in [7, 11) is 0. The molecule has 1 aromatic carbocycles. The molecular formula is C16H19FN2O2S. The van der Waals surface area contributed by atoms with Gasteiger partial charge in [0.2, 0.25) is 0 Å². The fourth-order valence-electron chi connectivity index (χ4n) is 1.99. The highest BCUT2D eigenvalue weighted by atomic mass is 32.1. The second kappa shape index (κ2) is 7.47. The minimum atomic E-state index is -0.433. The zero-order valence-corrected chi connectivity index (χ0v) is 13.4. The van der Waals surface area contributed by atoms with Gasteiger partial charge in [-0.1, -0.05) is 12.1 Å². The molecular weight excluding hydrogens is 303 g/mol. The number of carbonyl (C=O) groups excluding carboxylic acids is 1. The molecule has 1 unspecified atom stereocenters. The predicted molar refractivity (Wildman–Crippen MR) is 84.7 cm³/mol. The number of hydrogen-bond acceptors (Lipinski definition) is 4. The van der Waals surface area contributed by atoms with Gasteiger partial charge >= 0.3 is 0 Å². The molecule has 0 aliphatic heterocycles. The van der Waals surface area contributed by atoms with E-state index in [0.717, 1.165) is 10.6 Å². The van der Waals surface area contributed by atoms with Crippen molar-refractivity contribution in [2.45, 2.75) is 32.8 Å². The molecule has 6 heteroatoms. The Hall–Kier alpha value is -1.79. The van der Waals surface area contributed by atoms with Gasteiger partial charge in [-0.3, -0.25) is 4.79 Å². The molecule has 2 N–H and O–H groups in total. The molecule has 0 fully saturated rings. The number of carbonyl (C=O) groups is 1. The van der Waals surface area contributed by atoms with Crippen LogP contribution in [0.4, 0.5) is 4.39 Å². The number of aryl methyl sites for hydroxylation is 1. The molecule has 1 aromatic heterocycles. The number of amides is 1. The number of aliphatic hydroxyl groups is 1. The van der Waals surface area contributed by atoms with Crippen molar-refractivity contribution in [3.8, 4) is 0 Å². The van der Waals surface area contributed by atoms with E-state index >= 15 is 0 Å². The smallest absolute Gasteiger partial charge is 0.263 e. The monoisotopic (exact) mass is 322 g/mol. The number of rotatable bonds is 6. The molecule has 0 saturated heterocycles. The molecule has 0 saturated carbocycles. The van der Waals surface area contributed by atoms with Gasteiger partial charge in [0.15, 0.2) is 0 Å². The Morgan fingerprint density at radius 1 is 1.41 bits per heavy atom. The molecule has 1 heterocycles. The molecule has 0 aliphatic rings. The summed E-state index contributed by atoms with van der Waals surface area (Å²) < 4.78 is 12.9. The van der Waals surface area contributed by atoms with Crippen LogP contribution in [-0.2, 0) is 6.42 Å². The van der Waals surface area contributed by atoms with Crippen molar-refractivity contribution < 1.29 is 14.3 Å². The van der Waals surface area contributed by atoms with Crippen LogP contribution < -0.4 is 5.32 Å². The topological polar surface area (TPSA) is 62.2 Å². The van der Waals surface area contributed by atoms with Gasteiger partial charge in [0.25, 0.3) is 5.91 Å². The van der Waals surface area contributed by atoms with Crippen LogP contribution in [0.2, 0.25) is 0 Å². The summed E-state index contributed by atoms with van der Waals surface area (Å²) in [4.78, 5) is 17.1. The third kappa shape index (κ3) is 4.61. The van der Waals surface area contributed by atoms with Crippen LogP contribution in [0.15, 0.2) is 24.3 Å². The largest absolute Gasteiger partial charge is 0.393 e. The number of aromatic nitrogens is 1. The molecule has 22 heavy (non-hydrogen) atoms. The Morgan fingerprint density at radius 3 is 2.73 bits per heavy atom. The minimum Gasteiger partial charge on any atom is -0.393 e. The number of hydrogen-bond donors (Lipinski definition) is 2. The van der Waals surface area contributed by atoms with Gasteiger partial charge in [-0.15, -0.1) is 11.3 Å². The zero-order chi connectivity index (χ0) is 16.1. The summed E-state index contributed by atoms with van der Waals surface area (Å²) >= 11 is 1.35. The van der Waals surface area contributed by atoms with Crippen LogP contribution in [0.3, 0.4) is 0 Å². The molecule has 0 aliphatic carbocycles. The van der Waals surface area contributed by atoms with E-state index < -0.39 is 6.10 Å². The first-order valence-corrected chi connectivity index (χ1v) is 7.94. The van der Waals surface area contributed by atoms with Crippen molar-refractivity contribution in [2.24, 2.45) is 0 Å². The molecule has 1 amide bonds. The number of benzene rings is 1. The van der Waals surface area contributed by atoms with Crippen LogP contribution in [0.5, 0.6) is 0 Å². The number of aliphatic hydroxyl groups excluding tert-OH is 1. The van der Waals surface area contributed by atoms with Crippen LogP contribution >= 0.6 is 11.3 Å². The highest BCUT2D eigenvalue weighted by Crippen LogP contribution is 2.21. The lowest BCUT2D eigenvalue weighted by Crippen LogP contribution is -2.26. The van der Waals surface area contributed by atoms with Crippen molar-refractivity contribution in [1.29, 1.82) is 0 Å². The van der Waals surface area contributed by atoms with Crippen LogP contribution in [0, 0.1) is 12.7 Å². The SMILES string of the molecule is Cc1nc(Cc2ccc(F)cc2)sc1C(=O)NCCC(C)O. The van der Waals surface area contributed by atoms with Gasteiger partial charge < -0.3 is 10.4 Å². The molecule has 2 aromatic rings. The summed E-state index contributed by atoms with van der Waals surface area (Å²) in [5.74, 6) is -0.432. The number of nitrogens with zero attached hydrogens (tertiary/aromatic N) is 1. The average Bonchev–Trinajstić information content (AvgIpc) is 2.82. The molecule has 0 radical (unpaired) electrons. The standard InChI is InChI=1S/C16H19FN2O2S/c1-10(20)7-8-18-16(21)15-11(2)19-14(22-15)9-12-3-5-13(17)6-4-12/h3-6,10,20H,7-9H2,1-2H3,(H,18,21).